The van der Waals surface area contributed by atoms with E-state index in [0.717, 1.165) is 24.1 Å². The van der Waals surface area contributed by atoms with Crippen molar-refractivity contribution < 1.29 is 4.79 Å². The van der Waals surface area contributed by atoms with Crippen molar-refractivity contribution in [3.05, 3.63) is 34.9 Å². The van der Waals surface area contributed by atoms with E-state index in [-0.39, 0.29) is 5.91 Å². The third-order valence-electron chi connectivity index (χ3n) is 2.83. The van der Waals surface area contributed by atoms with Crippen LogP contribution >= 0.6 is 0 Å². The Hall–Kier alpha value is -1.35. The second kappa shape index (κ2) is 4.03. The molecule has 1 aromatic carbocycles. The molecule has 1 aliphatic rings. The first-order valence-electron chi connectivity index (χ1n) is 5.31. The van der Waals surface area contributed by atoms with Crippen molar-refractivity contribution in [3.8, 4) is 0 Å². The summed E-state index contributed by atoms with van der Waals surface area (Å²) >= 11 is 0. The van der Waals surface area contributed by atoms with Crippen LogP contribution in [0.3, 0.4) is 0 Å². The van der Waals surface area contributed by atoms with Crippen LogP contribution in [0.2, 0.25) is 0 Å². The maximum absolute atomic E-state index is 12.0. The van der Waals surface area contributed by atoms with E-state index in [9.17, 15) is 4.79 Å². The summed E-state index contributed by atoms with van der Waals surface area (Å²) in [7, 11) is 0. The smallest absolute Gasteiger partial charge is 0.254 e. The van der Waals surface area contributed by atoms with Gasteiger partial charge in [-0.15, -0.1) is 0 Å². The molecule has 1 heterocycles. The minimum Gasteiger partial charge on any atom is -0.337 e. The van der Waals surface area contributed by atoms with Crippen LogP contribution in [0.15, 0.2) is 18.2 Å². The topological polar surface area (TPSA) is 46.3 Å². The SMILES string of the molecule is Cc1ccc2c(c1)C(=O)N(CCN)CC2. The lowest BCUT2D eigenvalue weighted by Gasteiger charge is -2.28. The minimum absolute atomic E-state index is 0.130. The first-order chi connectivity index (χ1) is 7.22. The molecule has 1 aliphatic heterocycles. The Kier molecular flexibility index (Phi) is 2.73. The third-order valence-corrected chi connectivity index (χ3v) is 2.83. The van der Waals surface area contributed by atoms with Crippen LogP contribution in [-0.2, 0) is 6.42 Å². The molecule has 0 saturated heterocycles. The molecule has 80 valence electrons. The van der Waals surface area contributed by atoms with Crippen LogP contribution in [0.5, 0.6) is 0 Å². The highest BCUT2D eigenvalue weighted by molar-refractivity contribution is 5.96. The van der Waals surface area contributed by atoms with Crippen molar-refractivity contribution in [1.29, 1.82) is 0 Å². The van der Waals surface area contributed by atoms with Crippen molar-refractivity contribution in [1.82, 2.24) is 4.90 Å². The van der Waals surface area contributed by atoms with Crippen LogP contribution in [0.1, 0.15) is 21.5 Å². The Bertz CT molecular complexity index is 387. The maximum atomic E-state index is 12.0. The molecule has 0 spiro atoms. The lowest BCUT2D eigenvalue weighted by Crippen LogP contribution is -2.40. The van der Waals surface area contributed by atoms with Gasteiger partial charge in [-0.1, -0.05) is 17.7 Å². The number of carbonyl (C=O) groups excluding carboxylic acids is 1. The Morgan fingerprint density at radius 2 is 2.27 bits per heavy atom. The predicted molar refractivity (Wildman–Crippen MR) is 59.8 cm³/mol. The molecule has 0 aromatic heterocycles. The summed E-state index contributed by atoms with van der Waals surface area (Å²) in [5, 5.41) is 0. The van der Waals surface area contributed by atoms with Gasteiger partial charge in [0.15, 0.2) is 0 Å². The number of carbonyl (C=O) groups is 1. The molecule has 0 unspecified atom stereocenters. The summed E-state index contributed by atoms with van der Waals surface area (Å²) < 4.78 is 0. The lowest BCUT2D eigenvalue weighted by atomic mass is 9.97. The number of nitrogens with two attached hydrogens (primary N) is 1. The molecule has 3 heteroatoms. The summed E-state index contributed by atoms with van der Waals surface area (Å²) in [5.41, 5.74) is 8.64. The molecule has 2 rings (SSSR count). The quantitative estimate of drug-likeness (QED) is 0.779. The van der Waals surface area contributed by atoms with Gasteiger partial charge in [0.2, 0.25) is 0 Å². The van der Waals surface area contributed by atoms with E-state index in [0.29, 0.717) is 13.1 Å². The van der Waals surface area contributed by atoms with Crippen molar-refractivity contribution in [2.45, 2.75) is 13.3 Å². The highest BCUT2D eigenvalue weighted by atomic mass is 16.2. The molecule has 0 atom stereocenters. The minimum atomic E-state index is 0.130. The van der Waals surface area contributed by atoms with E-state index < -0.39 is 0 Å². The van der Waals surface area contributed by atoms with Crippen molar-refractivity contribution >= 4 is 5.91 Å². The Balaban J connectivity index is 2.32. The normalized spacial score (nSPS) is 15.3. The van der Waals surface area contributed by atoms with Gasteiger partial charge in [-0.3, -0.25) is 4.79 Å². The number of nitrogens with zero attached hydrogens (tertiary/aromatic N) is 1. The van der Waals surface area contributed by atoms with E-state index in [1.54, 1.807) is 0 Å². The van der Waals surface area contributed by atoms with E-state index in [4.69, 9.17) is 5.73 Å². The first kappa shape index (κ1) is 10.2. The van der Waals surface area contributed by atoms with Gasteiger partial charge in [0.25, 0.3) is 5.91 Å². The average Bonchev–Trinajstić information content (AvgIpc) is 2.23. The number of amides is 1. The van der Waals surface area contributed by atoms with Crippen LogP contribution in [0, 0.1) is 6.92 Å². The molecule has 0 aliphatic carbocycles. The van der Waals surface area contributed by atoms with Gasteiger partial charge in [0.1, 0.15) is 0 Å². The molecule has 15 heavy (non-hydrogen) atoms. The summed E-state index contributed by atoms with van der Waals surface area (Å²) in [4.78, 5) is 13.9. The summed E-state index contributed by atoms with van der Waals surface area (Å²) in [5.74, 6) is 0.130. The van der Waals surface area contributed by atoms with Gasteiger partial charge >= 0.3 is 0 Å². The fourth-order valence-corrected chi connectivity index (χ4v) is 2.00. The average molecular weight is 204 g/mol. The van der Waals surface area contributed by atoms with Gasteiger partial charge in [0, 0.05) is 25.2 Å². The van der Waals surface area contributed by atoms with Crippen LogP contribution in [0.25, 0.3) is 0 Å². The summed E-state index contributed by atoms with van der Waals surface area (Å²) in [6.45, 7) is 4.00. The number of rotatable bonds is 2. The maximum Gasteiger partial charge on any atom is 0.254 e. The summed E-state index contributed by atoms with van der Waals surface area (Å²) in [6, 6.07) is 6.09. The Morgan fingerprint density at radius 1 is 1.47 bits per heavy atom. The van der Waals surface area contributed by atoms with Crippen molar-refractivity contribution in [2.24, 2.45) is 5.73 Å². The fourth-order valence-electron chi connectivity index (χ4n) is 2.00. The van der Waals surface area contributed by atoms with Crippen molar-refractivity contribution in [2.75, 3.05) is 19.6 Å². The standard InChI is InChI=1S/C12H16N2O/c1-9-2-3-10-4-6-14(7-5-13)12(15)11(10)8-9/h2-3,8H,4-7,13H2,1H3. The molecule has 2 N–H and O–H groups in total. The van der Waals surface area contributed by atoms with E-state index in [2.05, 4.69) is 12.1 Å². The lowest BCUT2D eigenvalue weighted by molar-refractivity contribution is 0.0744. The Labute approximate surface area is 89.9 Å². The van der Waals surface area contributed by atoms with Gasteiger partial charge < -0.3 is 10.6 Å². The van der Waals surface area contributed by atoms with Gasteiger partial charge in [-0.25, -0.2) is 0 Å². The number of hydrogen-bond donors (Lipinski definition) is 1. The zero-order chi connectivity index (χ0) is 10.8. The van der Waals surface area contributed by atoms with Crippen molar-refractivity contribution in [3.63, 3.8) is 0 Å². The number of aryl methyl sites for hydroxylation is 1. The first-order valence-corrected chi connectivity index (χ1v) is 5.31. The van der Waals surface area contributed by atoms with Crippen LogP contribution in [0.4, 0.5) is 0 Å². The zero-order valence-corrected chi connectivity index (χ0v) is 8.99. The number of fused-ring (bicyclic) bond motifs is 1. The number of hydrogen-bond acceptors (Lipinski definition) is 2. The van der Waals surface area contributed by atoms with Gasteiger partial charge in [-0.05, 0) is 25.0 Å². The highest BCUT2D eigenvalue weighted by Gasteiger charge is 2.23. The molecule has 0 saturated carbocycles. The molecule has 3 nitrogen and oxygen atoms in total. The predicted octanol–water partition coefficient (Wildman–Crippen LogP) is 0.952. The monoisotopic (exact) mass is 204 g/mol. The zero-order valence-electron chi connectivity index (χ0n) is 8.99. The Morgan fingerprint density at radius 3 is 3.00 bits per heavy atom. The molecule has 1 aromatic rings. The third kappa shape index (κ3) is 1.88. The largest absolute Gasteiger partial charge is 0.337 e. The highest BCUT2D eigenvalue weighted by Crippen LogP contribution is 2.19. The molecular formula is C12H16N2O. The summed E-state index contributed by atoms with van der Waals surface area (Å²) in [6.07, 6.45) is 0.946. The second-order valence-electron chi connectivity index (χ2n) is 3.99. The molecule has 0 fully saturated rings. The van der Waals surface area contributed by atoms with E-state index >= 15 is 0 Å². The number of benzene rings is 1. The molecule has 0 radical (unpaired) electrons. The van der Waals surface area contributed by atoms with E-state index in [1.165, 1.54) is 5.56 Å². The van der Waals surface area contributed by atoms with Crippen LogP contribution in [-0.4, -0.2) is 30.4 Å². The second-order valence-corrected chi connectivity index (χ2v) is 3.99. The fraction of sp³-hybridized carbons (Fsp3) is 0.417. The molecule has 0 bridgehead atoms. The van der Waals surface area contributed by atoms with Gasteiger partial charge in [-0.2, -0.15) is 0 Å². The van der Waals surface area contributed by atoms with Crippen LogP contribution < -0.4 is 5.73 Å². The van der Waals surface area contributed by atoms with E-state index in [1.807, 2.05) is 17.9 Å². The molecule has 1 amide bonds. The van der Waals surface area contributed by atoms with Gasteiger partial charge in [0.05, 0.1) is 0 Å². The molecular weight excluding hydrogens is 188 g/mol.